The summed E-state index contributed by atoms with van der Waals surface area (Å²) in [6.07, 6.45) is 1.90. The van der Waals surface area contributed by atoms with E-state index in [1.54, 1.807) is 0 Å². The molecule has 5 heteroatoms. The third kappa shape index (κ3) is 6.00. The smallest absolute Gasteiger partial charge is 0.303 e. The highest BCUT2D eigenvalue weighted by atomic mass is 16.5. The number of aliphatic hydroxyl groups excluding tert-OH is 1. The summed E-state index contributed by atoms with van der Waals surface area (Å²) in [7, 11) is 0. The number of carboxylic acid groups (broad SMARTS) is 1. The second kappa shape index (κ2) is 7.63. The molecule has 1 saturated heterocycles. The van der Waals surface area contributed by atoms with Crippen LogP contribution in [0.4, 0.5) is 0 Å². The molecule has 0 spiro atoms. The van der Waals surface area contributed by atoms with E-state index in [-0.39, 0.29) is 12.3 Å². The van der Waals surface area contributed by atoms with Gasteiger partial charge < -0.3 is 14.9 Å². The molecule has 0 aromatic heterocycles. The first-order valence-electron chi connectivity index (χ1n) is 6.31. The van der Waals surface area contributed by atoms with Crippen LogP contribution >= 0.6 is 0 Å². The third-order valence-electron chi connectivity index (χ3n) is 2.92. The van der Waals surface area contributed by atoms with Crippen molar-refractivity contribution in [1.82, 2.24) is 4.90 Å². The third-order valence-corrected chi connectivity index (χ3v) is 2.92. The predicted molar refractivity (Wildman–Crippen MR) is 63.9 cm³/mol. The highest BCUT2D eigenvalue weighted by molar-refractivity contribution is 5.67. The van der Waals surface area contributed by atoms with Gasteiger partial charge >= 0.3 is 5.97 Å². The Labute approximate surface area is 102 Å². The lowest BCUT2D eigenvalue weighted by atomic mass is 9.96. The van der Waals surface area contributed by atoms with Crippen LogP contribution in [0.1, 0.15) is 26.2 Å². The molecule has 0 aliphatic carbocycles. The second-order valence-electron chi connectivity index (χ2n) is 4.76. The van der Waals surface area contributed by atoms with Crippen LogP contribution in [0.25, 0.3) is 0 Å². The van der Waals surface area contributed by atoms with Gasteiger partial charge in [0.05, 0.1) is 19.1 Å². The molecule has 0 bridgehead atoms. The van der Waals surface area contributed by atoms with Crippen LogP contribution in [0.3, 0.4) is 0 Å². The van der Waals surface area contributed by atoms with E-state index in [0.29, 0.717) is 19.8 Å². The van der Waals surface area contributed by atoms with Crippen LogP contribution < -0.4 is 0 Å². The molecule has 1 atom stereocenters. The zero-order valence-corrected chi connectivity index (χ0v) is 10.5. The van der Waals surface area contributed by atoms with E-state index in [9.17, 15) is 9.90 Å². The number of unbranched alkanes of at least 4 members (excludes halogenated alkanes) is 1. The predicted octanol–water partition coefficient (Wildman–Crippen LogP) is 0.570. The maximum absolute atomic E-state index is 10.4. The number of rotatable bonds is 9. The molecule has 0 radical (unpaired) electrons. The first kappa shape index (κ1) is 14.4. The minimum Gasteiger partial charge on any atom is -0.481 e. The van der Waals surface area contributed by atoms with Crippen LogP contribution in [0.5, 0.6) is 0 Å². The molecule has 0 saturated carbocycles. The van der Waals surface area contributed by atoms with Crippen molar-refractivity contribution in [2.75, 3.05) is 32.8 Å². The normalized spacial score (nSPS) is 18.9. The van der Waals surface area contributed by atoms with Gasteiger partial charge in [0, 0.05) is 26.2 Å². The molecule has 1 fully saturated rings. The standard InChI is InChI=1S/C12H23NO4/c1-2-3-4-17-9-11(14)8-13-6-10(7-13)5-12(15)16/h10-11,14H,2-9H2,1H3,(H,15,16). The summed E-state index contributed by atoms with van der Waals surface area (Å²) >= 11 is 0. The van der Waals surface area contributed by atoms with Gasteiger partial charge in [-0.05, 0) is 12.3 Å². The highest BCUT2D eigenvalue weighted by Gasteiger charge is 2.29. The van der Waals surface area contributed by atoms with Crippen molar-refractivity contribution in [3.8, 4) is 0 Å². The first-order chi connectivity index (χ1) is 8.11. The zero-order chi connectivity index (χ0) is 12.7. The molecular formula is C12H23NO4. The number of carboxylic acids is 1. The Kier molecular flexibility index (Phi) is 6.47. The van der Waals surface area contributed by atoms with E-state index in [1.807, 2.05) is 0 Å². The maximum atomic E-state index is 10.4. The number of ether oxygens (including phenoxy) is 1. The van der Waals surface area contributed by atoms with Gasteiger partial charge in [-0.25, -0.2) is 0 Å². The molecular weight excluding hydrogens is 222 g/mol. The summed E-state index contributed by atoms with van der Waals surface area (Å²) in [4.78, 5) is 12.5. The van der Waals surface area contributed by atoms with Crippen molar-refractivity contribution in [3.05, 3.63) is 0 Å². The van der Waals surface area contributed by atoms with Crippen LogP contribution in [0, 0.1) is 5.92 Å². The van der Waals surface area contributed by atoms with E-state index < -0.39 is 12.1 Å². The van der Waals surface area contributed by atoms with Crippen molar-refractivity contribution >= 4 is 5.97 Å². The summed E-state index contributed by atoms with van der Waals surface area (Å²) in [5, 5.41) is 18.3. The Hall–Kier alpha value is -0.650. The van der Waals surface area contributed by atoms with E-state index in [1.165, 1.54) is 0 Å². The first-order valence-corrected chi connectivity index (χ1v) is 6.31. The Morgan fingerprint density at radius 1 is 1.53 bits per heavy atom. The lowest BCUT2D eigenvalue weighted by Crippen LogP contribution is -2.50. The van der Waals surface area contributed by atoms with E-state index >= 15 is 0 Å². The Balaban J connectivity index is 1.98. The average Bonchev–Trinajstić information content (AvgIpc) is 2.21. The van der Waals surface area contributed by atoms with Crippen LogP contribution in [-0.4, -0.2) is 60.0 Å². The fourth-order valence-electron chi connectivity index (χ4n) is 2.02. The van der Waals surface area contributed by atoms with Gasteiger partial charge in [-0.1, -0.05) is 13.3 Å². The highest BCUT2D eigenvalue weighted by Crippen LogP contribution is 2.18. The van der Waals surface area contributed by atoms with Gasteiger partial charge in [0.15, 0.2) is 0 Å². The Morgan fingerprint density at radius 3 is 2.82 bits per heavy atom. The number of hydrogen-bond acceptors (Lipinski definition) is 4. The number of aliphatic hydroxyl groups is 1. The van der Waals surface area contributed by atoms with Crippen molar-refractivity contribution in [2.45, 2.75) is 32.3 Å². The molecule has 1 aliphatic rings. The molecule has 0 aromatic rings. The van der Waals surface area contributed by atoms with Gasteiger partial charge in [0.1, 0.15) is 0 Å². The molecule has 1 heterocycles. The fraction of sp³-hybridized carbons (Fsp3) is 0.917. The van der Waals surface area contributed by atoms with Crippen molar-refractivity contribution in [2.24, 2.45) is 5.92 Å². The molecule has 17 heavy (non-hydrogen) atoms. The molecule has 100 valence electrons. The molecule has 1 unspecified atom stereocenters. The number of nitrogens with zero attached hydrogens (tertiary/aromatic N) is 1. The minimum absolute atomic E-state index is 0.236. The van der Waals surface area contributed by atoms with Crippen LogP contribution in [0.15, 0.2) is 0 Å². The lowest BCUT2D eigenvalue weighted by molar-refractivity contribution is -0.139. The fourth-order valence-corrected chi connectivity index (χ4v) is 2.02. The van der Waals surface area contributed by atoms with Gasteiger partial charge in [0.25, 0.3) is 0 Å². The maximum Gasteiger partial charge on any atom is 0.303 e. The summed E-state index contributed by atoms with van der Waals surface area (Å²) in [6, 6.07) is 0. The molecule has 2 N–H and O–H groups in total. The molecule has 0 aromatic carbocycles. The summed E-state index contributed by atoms with van der Waals surface area (Å²) in [5.41, 5.74) is 0. The van der Waals surface area contributed by atoms with Crippen LogP contribution in [0.2, 0.25) is 0 Å². The quantitative estimate of drug-likeness (QED) is 0.581. The zero-order valence-electron chi connectivity index (χ0n) is 10.5. The SMILES string of the molecule is CCCCOCC(O)CN1CC(CC(=O)O)C1. The molecule has 1 aliphatic heterocycles. The molecule has 0 amide bonds. The Morgan fingerprint density at radius 2 is 2.24 bits per heavy atom. The van der Waals surface area contributed by atoms with Gasteiger partial charge in [-0.2, -0.15) is 0 Å². The van der Waals surface area contributed by atoms with Crippen molar-refractivity contribution < 1.29 is 19.7 Å². The molecule has 5 nitrogen and oxygen atoms in total. The number of aliphatic carboxylic acids is 1. The minimum atomic E-state index is -0.738. The largest absolute Gasteiger partial charge is 0.481 e. The molecule has 1 rings (SSSR count). The van der Waals surface area contributed by atoms with Gasteiger partial charge in [-0.3, -0.25) is 9.69 Å². The average molecular weight is 245 g/mol. The number of hydrogen-bond donors (Lipinski definition) is 2. The van der Waals surface area contributed by atoms with Crippen LogP contribution in [-0.2, 0) is 9.53 Å². The summed E-state index contributed by atoms with van der Waals surface area (Å²) in [5.74, 6) is -0.487. The number of β-amino-alcohol motifs (C(OH)–C–C–N with tert-alkyl or cyclic N) is 1. The van der Waals surface area contributed by atoms with Gasteiger partial charge in [0.2, 0.25) is 0 Å². The number of likely N-dealkylation sites (tertiary alicyclic amines) is 1. The van der Waals surface area contributed by atoms with E-state index in [4.69, 9.17) is 9.84 Å². The van der Waals surface area contributed by atoms with Crippen molar-refractivity contribution in [1.29, 1.82) is 0 Å². The Bertz CT molecular complexity index is 229. The topological polar surface area (TPSA) is 70.0 Å². The number of carbonyl (C=O) groups is 1. The van der Waals surface area contributed by atoms with E-state index in [0.717, 1.165) is 25.9 Å². The summed E-state index contributed by atoms with van der Waals surface area (Å²) in [6.45, 7) is 5.32. The second-order valence-corrected chi connectivity index (χ2v) is 4.76. The van der Waals surface area contributed by atoms with E-state index in [2.05, 4.69) is 11.8 Å². The summed E-state index contributed by atoms with van der Waals surface area (Å²) < 4.78 is 5.33. The van der Waals surface area contributed by atoms with Gasteiger partial charge in [-0.15, -0.1) is 0 Å². The van der Waals surface area contributed by atoms with Crippen molar-refractivity contribution in [3.63, 3.8) is 0 Å². The monoisotopic (exact) mass is 245 g/mol. The lowest BCUT2D eigenvalue weighted by Gasteiger charge is -2.39.